The number of hydrogen-bond acceptors (Lipinski definition) is 7. The molecule has 8 rings (SSSR count). The van der Waals surface area contributed by atoms with Crippen molar-refractivity contribution in [1.29, 1.82) is 0 Å². The Bertz CT molecular complexity index is 2540. The fourth-order valence-electron chi connectivity index (χ4n) is 6.97. The zero-order valence-electron chi connectivity index (χ0n) is 30.1. The van der Waals surface area contributed by atoms with Gasteiger partial charge in [-0.25, -0.2) is 18.7 Å². The molecule has 1 aliphatic heterocycles. The third-order valence-corrected chi connectivity index (χ3v) is 9.31. The molecule has 0 radical (unpaired) electrons. The van der Waals surface area contributed by atoms with Gasteiger partial charge in [0.25, 0.3) is 0 Å². The SMILES string of the molecule is COC(=O)[C@@H](OC(C)(C)C)c1c(C)nc2cc3nn2c1-c1ccc(c2ccccc12)OCc1cccc(c1)COc1cc(F)ccc1-c1cccc-3c1. The molecule has 8 bridgehead atoms. The van der Waals surface area contributed by atoms with Gasteiger partial charge in [0.1, 0.15) is 30.5 Å². The van der Waals surface area contributed by atoms with Gasteiger partial charge < -0.3 is 18.9 Å². The lowest BCUT2D eigenvalue weighted by Crippen LogP contribution is -2.29. The summed E-state index contributed by atoms with van der Waals surface area (Å²) in [6, 6.07) is 34.4. The van der Waals surface area contributed by atoms with Gasteiger partial charge in [-0.15, -0.1) is 0 Å². The van der Waals surface area contributed by atoms with Crippen LogP contribution in [0.1, 0.15) is 49.3 Å². The zero-order chi connectivity index (χ0) is 36.9. The number of rotatable bonds is 3. The van der Waals surface area contributed by atoms with E-state index in [-0.39, 0.29) is 12.4 Å². The highest BCUT2D eigenvalue weighted by Crippen LogP contribution is 2.42. The van der Waals surface area contributed by atoms with Gasteiger partial charge >= 0.3 is 5.97 Å². The number of benzene rings is 5. The van der Waals surface area contributed by atoms with Crippen LogP contribution in [0.4, 0.5) is 4.39 Å². The number of carbonyl (C=O) groups excluding carboxylic acids is 1. The third kappa shape index (κ3) is 6.60. The summed E-state index contributed by atoms with van der Waals surface area (Å²) >= 11 is 0. The molecule has 0 aliphatic carbocycles. The van der Waals surface area contributed by atoms with Crippen LogP contribution < -0.4 is 9.47 Å². The number of fused-ring (bicyclic) bond motifs is 15. The van der Waals surface area contributed by atoms with Crippen LogP contribution in [0, 0.1) is 12.7 Å². The minimum absolute atomic E-state index is 0.246. The van der Waals surface area contributed by atoms with Crippen molar-refractivity contribution in [3.8, 4) is 45.1 Å². The first kappa shape index (κ1) is 34.0. The number of aromatic nitrogens is 3. The monoisotopic (exact) mass is 707 g/mol. The maximum Gasteiger partial charge on any atom is 0.339 e. The number of carbonyl (C=O) groups is 1. The van der Waals surface area contributed by atoms with Crippen molar-refractivity contribution in [2.75, 3.05) is 7.11 Å². The number of aryl methyl sites for hydroxylation is 1. The van der Waals surface area contributed by atoms with Crippen molar-refractivity contribution in [3.05, 3.63) is 137 Å². The quantitative estimate of drug-likeness (QED) is 0.169. The third-order valence-electron chi connectivity index (χ3n) is 9.31. The number of nitrogens with zero attached hydrogens (tertiary/aromatic N) is 3. The Kier molecular flexibility index (Phi) is 8.66. The van der Waals surface area contributed by atoms with E-state index in [1.54, 1.807) is 10.6 Å². The lowest BCUT2D eigenvalue weighted by molar-refractivity contribution is -0.164. The van der Waals surface area contributed by atoms with Crippen LogP contribution in [0.3, 0.4) is 0 Å². The number of methoxy groups -OCH3 is 1. The molecule has 1 aliphatic rings. The first-order chi connectivity index (χ1) is 25.6. The molecule has 3 heterocycles. The highest BCUT2D eigenvalue weighted by atomic mass is 19.1. The second-order valence-electron chi connectivity index (χ2n) is 14.2. The van der Waals surface area contributed by atoms with Gasteiger partial charge in [-0.3, -0.25) is 0 Å². The van der Waals surface area contributed by atoms with Gasteiger partial charge in [-0.1, -0.05) is 60.7 Å². The van der Waals surface area contributed by atoms with E-state index in [1.165, 1.54) is 19.2 Å². The van der Waals surface area contributed by atoms with Crippen molar-refractivity contribution in [3.63, 3.8) is 0 Å². The standard InChI is InChI=1S/C44H38FN3O5/c1-26-40(42(43(49)50-5)53-44(2,3)4)41-35-18-19-37(34-15-7-6-14-33(34)35)51-24-27-10-8-11-28(20-27)25-52-38-22-31(45)16-17-32(38)29-12-9-13-30(21-29)36-23-39(46-26)48(41)47-36/h6-23,42H,24-25H2,1-5H3/t42-/m0/s1. The first-order valence-electron chi connectivity index (χ1n) is 17.5. The van der Waals surface area contributed by atoms with Crippen LogP contribution in [0.5, 0.6) is 11.5 Å². The predicted molar refractivity (Wildman–Crippen MR) is 202 cm³/mol. The van der Waals surface area contributed by atoms with Gasteiger partial charge in [0, 0.05) is 45.5 Å². The Morgan fingerprint density at radius 1 is 0.792 bits per heavy atom. The van der Waals surface area contributed by atoms with Crippen LogP contribution >= 0.6 is 0 Å². The molecule has 1 atom stereocenters. The molecule has 0 unspecified atom stereocenters. The fourth-order valence-corrected chi connectivity index (χ4v) is 6.97. The van der Waals surface area contributed by atoms with Gasteiger partial charge in [0.15, 0.2) is 11.8 Å². The van der Waals surface area contributed by atoms with E-state index in [0.29, 0.717) is 46.4 Å². The topological polar surface area (TPSA) is 84.2 Å². The van der Waals surface area contributed by atoms with Crippen LogP contribution in [-0.4, -0.2) is 33.3 Å². The summed E-state index contributed by atoms with van der Waals surface area (Å²) in [5.74, 6) is 0.189. The number of esters is 1. The maximum absolute atomic E-state index is 14.6. The molecule has 9 heteroatoms. The molecule has 0 fully saturated rings. The highest BCUT2D eigenvalue weighted by molar-refractivity contribution is 6.01. The summed E-state index contributed by atoms with van der Waals surface area (Å²) < 4.78 is 41.0. The summed E-state index contributed by atoms with van der Waals surface area (Å²) in [6.45, 7) is 8.13. The van der Waals surface area contributed by atoms with Crippen LogP contribution in [0.15, 0.2) is 109 Å². The molecule has 8 nitrogen and oxygen atoms in total. The normalized spacial score (nSPS) is 13.3. The van der Waals surface area contributed by atoms with E-state index in [0.717, 1.165) is 44.2 Å². The Labute approximate surface area is 306 Å². The van der Waals surface area contributed by atoms with Crippen molar-refractivity contribution in [2.24, 2.45) is 0 Å². The van der Waals surface area contributed by atoms with Gasteiger partial charge in [0.05, 0.1) is 24.1 Å². The van der Waals surface area contributed by atoms with Crippen molar-refractivity contribution in [1.82, 2.24) is 14.6 Å². The van der Waals surface area contributed by atoms with Gasteiger partial charge in [-0.2, -0.15) is 5.10 Å². The molecule has 0 spiro atoms. The molecular weight excluding hydrogens is 669 g/mol. The second-order valence-corrected chi connectivity index (χ2v) is 14.2. The number of ether oxygens (including phenoxy) is 4. The molecular formula is C44H38FN3O5. The largest absolute Gasteiger partial charge is 0.488 e. The van der Waals surface area contributed by atoms with Crippen molar-refractivity contribution >= 4 is 22.4 Å². The second kappa shape index (κ2) is 13.5. The Balaban J connectivity index is 1.43. The Morgan fingerprint density at radius 3 is 2.25 bits per heavy atom. The van der Waals surface area contributed by atoms with Crippen LogP contribution in [0.2, 0.25) is 0 Å². The molecule has 0 saturated carbocycles. The minimum Gasteiger partial charge on any atom is -0.488 e. The van der Waals surface area contributed by atoms with E-state index < -0.39 is 17.7 Å². The molecule has 2 aromatic heterocycles. The van der Waals surface area contributed by atoms with Crippen molar-refractivity contribution < 1.29 is 28.1 Å². The predicted octanol–water partition coefficient (Wildman–Crippen LogP) is 9.83. The lowest BCUT2D eigenvalue weighted by atomic mass is 9.94. The number of halogens is 1. The molecule has 0 saturated heterocycles. The lowest BCUT2D eigenvalue weighted by Gasteiger charge is -2.28. The van der Waals surface area contributed by atoms with E-state index in [4.69, 9.17) is 29.0 Å². The summed E-state index contributed by atoms with van der Waals surface area (Å²) in [6.07, 6.45) is -1.10. The molecule has 0 amide bonds. The minimum atomic E-state index is -1.10. The summed E-state index contributed by atoms with van der Waals surface area (Å²) in [5.41, 5.74) is 7.44. The van der Waals surface area contributed by atoms with Gasteiger partial charge in [0.2, 0.25) is 0 Å². The van der Waals surface area contributed by atoms with Crippen LogP contribution in [-0.2, 0) is 27.5 Å². The van der Waals surface area contributed by atoms with Crippen LogP contribution in [0.25, 0.3) is 50.1 Å². The van der Waals surface area contributed by atoms with Crippen molar-refractivity contribution in [2.45, 2.75) is 52.6 Å². The molecule has 5 aromatic carbocycles. The molecule has 266 valence electrons. The summed E-state index contributed by atoms with van der Waals surface area (Å²) in [4.78, 5) is 18.6. The molecule has 53 heavy (non-hydrogen) atoms. The van der Waals surface area contributed by atoms with E-state index in [9.17, 15) is 9.18 Å². The fraction of sp³-hybridized carbons (Fsp3) is 0.205. The van der Waals surface area contributed by atoms with E-state index in [1.807, 2.05) is 119 Å². The number of hydrogen-bond donors (Lipinski definition) is 0. The smallest absolute Gasteiger partial charge is 0.339 e. The molecule has 7 aromatic rings. The maximum atomic E-state index is 14.6. The van der Waals surface area contributed by atoms with E-state index >= 15 is 0 Å². The van der Waals surface area contributed by atoms with Gasteiger partial charge in [-0.05, 0) is 86.2 Å². The molecule has 0 N–H and O–H groups in total. The average Bonchev–Trinajstić information content (AvgIpc) is 3.58. The highest BCUT2D eigenvalue weighted by Gasteiger charge is 2.34. The average molecular weight is 708 g/mol. The summed E-state index contributed by atoms with van der Waals surface area (Å²) in [7, 11) is 1.36. The Hall–Kier alpha value is -6.06. The van der Waals surface area contributed by atoms with E-state index in [2.05, 4.69) is 0 Å². The summed E-state index contributed by atoms with van der Waals surface area (Å²) in [5, 5.41) is 6.95. The zero-order valence-corrected chi connectivity index (χ0v) is 30.1. The Morgan fingerprint density at radius 2 is 1.49 bits per heavy atom. The first-order valence-corrected chi connectivity index (χ1v) is 17.5.